The van der Waals surface area contributed by atoms with Gasteiger partial charge in [-0.05, 0) is 38.1 Å². The summed E-state index contributed by atoms with van der Waals surface area (Å²) < 4.78 is 5.27. The fraction of sp³-hybridized carbons (Fsp3) is 0.333. The van der Waals surface area contributed by atoms with Gasteiger partial charge in [-0.25, -0.2) is 4.98 Å². The van der Waals surface area contributed by atoms with Crippen molar-refractivity contribution in [3.63, 3.8) is 0 Å². The molecule has 0 radical (unpaired) electrons. The van der Waals surface area contributed by atoms with Gasteiger partial charge in [0.05, 0.1) is 6.26 Å². The predicted octanol–water partition coefficient (Wildman–Crippen LogP) is 3.12. The third-order valence-electron chi connectivity index (χ3n) is 2.88. The van der Waals surface area contributed by atoms with Crippen LogP contribution in [0.25, 0.3) is 0 Å². The van der Waals surface area contributed by atoms with Gasteiger partial charge in [-0.2, -0.15) is 0 Å². The van der Waals surface area contributed by atoms with Gasteiger partial charge in [-0.3, -0.25) is 4.79 Å². The molecular weight excluding hydrogens is 290 g/mol. The SMILES string of the molecule is CCNc1cc(C(=O)NC(C)Cc2ccco2)cc(Cl)n1. The van der Waals surface area contributed by atoms with Crippen LogP contribution in [0.2, 0.25) is 5.15 Å². The van der Waals surface area contributed by atoms with Gasteiger partial charge in [0.15, 0.2) is 0 Å². The van der Waals surface area contributed by atoms with E-state index >= 15 is 0 Å². The maximum absolute atomic E-state index is 12.2. The molecule has 1 atom stereocenters. The minimum Gasteiger partial charge on any atom is -0.469 e. The average Bonchev–Trinajstić information content (AvgIpc) is 2.91. The van der Waals surface area contributed by atoms with Crippen LogP contribution in [0.1, 0.15) is 30.0 Å². The van der Waals surface area contributed by atoms with Crippen molar-refractivity contribution >= 4 is 23.3 Å². The third kappa shape index (κ3) is 4.49. The maximum Gasteiger partial charge on any atom is 0.251 e. The molecule has 1 unspecified atom stereocenters. The molecule has 0 bridgehead atoms. The number of halogens is 1. The van der Waals surface area contributed by atoms with E-state index in [1.807, 2.05) is 26.0 Å². The Morgan fingerprint density at radius 2 is 2.29 bits per heavy atom. The number of hydrogen-bond donors (Lipinski definition) is 2. The Hall–Kier alpha value is -2.01. The molecule has 1 amide bonds. The van der Waals surface area contributed by atoms with E-state index in [1.54, 1.807) is 18.4 Å². The number of carbonyl (C=O) groups is 1. The normalized spacial score (nSPS) is 12.0. The standard InChI is InChI=1S/C15H18ClN3O2/c1-3-17-14-9-11(8-13(16)19-14)15(20)18-10(2)7-12-5-4-6-21-12/h4-6,8-10H,3,7H2,1-2H3,(H,17,19)(H,18,20). The summed E-state index contributed by atoms with van der Waals surface area (Å²) in [6.45, 7) is 4.59. The lowest BCUT2D eigenvalue weighted by Gasteiger charge is -2.13. The van der Waals surface area contributed by atoms with Crippen molar-refractivity contribution in [2.24, 2.45) is 0 Å². The van der Waals surface area contributed by atoms with Crippen molar-refractivity contribution in [3.05, 3.63) is 47.0 Å². The highest BCUT2D eigenvalue weighted by Gasteiger charge is 2.13. The first-order valence-electron chi connectivity index (χ1n) is 6.83. The molecule has 2 aromatic heterocycles. The number of rotatable bonds is 6. The first kappa shape index (κ1) is 15.4. The van der Waals surface area contributed by atoms with Gasteiger partial charge in [0.25, 0.3) is 5.91 Å². The molecule has 0 aliphatic carbocycles. The number of nitrogens with one attached hydrogen (secondary N) is 2. The lowest BCUT2D eigenvalue weighted by Crippen LogP contribution is -2.34. The number of nitrogens with zero attached hydrogens (tertiary/aromatic N) is 1. The van der Waals surface area contributed by atoms with Crippen LogP contribution in [0.5, 0.6) is 0 Å². The molecule has 21 heavy (non-hydrogen) atoms. The molecule has 0 fully saturated rings. The number of aromatic nitrogens is 1. The van der Waals surface area contributed by atoms with Crippen LogP contribution in [0.3, 0.4) is 0 Å². The highest BCUT2D eigenvalue weighted by molar-refractivity contribution is 6.29. The molecule has 0 aliphatic rings. The molecule has 112 valence electrons. The molecule has 0 aromatic carbocycles. The summed E-state index contributed by atoms with van der Waals surface area (Å²) in [4.78, 5) is 16.3. The first-order chi connectivity index (χ1) is 10.1. The molecule has 2 aromatic rings. The summed E-state index contributed by atoms with van der Waals surface area (Å²) in [5.74, 6) is 1.25. The smallest absolute Gasteiger partial charge is 0.251 e. The van der Waals surface area contributed by atoms with Gasteiger partial charge in [-0.15, -0.1) is 0 Å². The summed E-state index contributed by atoms with van der Waals surface area (Å²) in [6.07, 6.45) is 2.26. The van der Waals surface area contributed by atoms with Crippen molar-refractivity contribution in [1.82, 2.24) is 10.3 Å². The highest BCUT2D eigenvalue weighted by atomic mass is 35.5. The summed E-state index contributed by atoms with van der Waals surface area (Å²) >= 11 is 5.94. The van der Waals surface area contributed by atoms with E-state index in [1.165, 1.54) is 0 Å². The van der Waals surface area contributed by atoms with Gasteiger partial charge in [0, 0.05) is 24.6 Å². The number of carbonyl (C=O) groups excluding carboxylic acids is 1. The van der Waals surface area contributed by atoms with E-state index in [2.05, 4.69) is 15.6 Å². The van der Waals surface area contributed by atoms with Crippen molar-refractivity contribution in [3.8, 4) is 0 Å². The van der Waals surface area contributed by atoms with Gasteiger partial charge in [-0.1, -0.05) is 11.6 Å². The average molecular weight is 308 g/mol. The molecule has 0 spiro atoms. The largest absolute Gasteiger partial charge is 0.469 e. The van der Waals surface area contributed by atoms with Crippen LogP contribution in [-0.4, -0.2) is 23.5 Å². The molecule has 0 saturated carbocycles. The third-order valence-corrected chi connectivity index (χ3v) is 3.07. The Labute approximate surface area is 128 Å². The fourth-order valence-corrected chi connectivity index (χ4v) is 2.20. The topological polar surface area (TPSA) is 67.2 Å². The summed E-state index contributed by atoms with van der Waals surface area (Å²) in [6, 6.07) is 6.91. The lowest BCUT2D eigenvalue weighted by molar-refractivity contribution is 0.0939. The second-order valence-corrected chi connectivity index (χ2v) is 5.14. The molecule has 6 heteroatoms. The van der Waals surface area contributed by atoms with Crippen LogP contribution in [0, 0.1) is 0 Å². The monoisotopic (exact) mass is 307 g/mol. The van der Waals surface area contributed by atoms with Crippen LogP contribution >= 0.6 is 11.6 Å². The lowest BCUT2D eigenvalue weighted by atomic mass is 10.1. The Balaban J connectivity index is 2.02. The van der Waals surface area contributed by atoms with Crippen molar-refractivity contribution < 1.29 is 9.21 Å². The zero-order valence-electron chi connectivity index (χ0n) is 12.0. The number of hydrogen-bond acceptors (Lipinski definition) is 4. The van der Waals surface area contributed by atoms with Gasteiger partial charge < -0.3 is 15.1 Å². The maximum atomic E-state index is 12.2. The van der Waals surface area contributed by atoms with Crippen LogP contribution in [0.15, 0.2) is 34.9 Å². The summed E-state index contributed by atoms with van der Waals surface area (Å²) in [5, 5.41) is 6.25. The van der Waals surface area contributed by atoms with Crippen molar-refractivity contribution in [2.45, 2.75) is 26.3 Å². The zero-order valence-corrected chi connectivity index (χ0v) is 12.8. The van der Waals surface area contributed by atoms with E-state index < -0.39 is 0 Å². The molecular formula is C15H18ClN3O2. The van der Waals surface area contributed by atoms with E-state index in [-0.39, 0.29) is 17.1 Å². The highest BCUT2D eigenvalue weighted by Crippen LogP contribution is 2.15. The molecule has 0 aliphatic heterocycles. The summed E-state index contributed by atoms with van der Waals surface area (Å²) in [7, 11) is 0. The fourth-order valence-electron chi connectivity index (χ4n) is 1.99. The molecule has 2 rings (SSSR count). The minimum atomic E-state index is -0.183. The van der Waals surface area contributed by atoms with Gasteiger partial charge in [0.2, 0.25) is 0 Å². The van der Waals surface area contributed by atoms with E-state index in [4.69, 9.17) is 16.0 Å². The molecule has 5 nitrogen and oxygen atoms in total. The summed E-state index contributed by atoms with van der Waals surface area (Å²) in [5.41, 5.74) is 0.484. The van der Waals surface area contributed by atoms with E-state index in [0.717, 1.165) is 5.76 Å². The quantitative estimate of drug-likeness (QED) is 0.805. The van der Waals surface area contributed by atoms with E-state index in [0.29, 0.717) is 24.3 Å². The second-order valence-electron chi connectivity index (χ2n) is 4.75. The van der Waals surface area contributed by atoms with E-state index in [9.17, 15) is 4.79 Å². The first-order valence-corrected chi connectivity index (χ1v) is 7.21. The number of furan rings is 1. The number of amides is 1. The number of anilines is 1. The second kappa shape index (κ2) is 7.13. The Kier molecular flexibility index (Phi) is 5.22. The minimum absolute atomic E-state index is 0.0434. The number of pyridine rings is 1. The van der Waals surface area contributed by atoms with Crippen molar-refractivity contribution in [1.29, 1.82) is 0 Å². The van der Waals surface area contributed by atoms with Gasteiger partial charge in [0.1, 0.15) is 16.7 Å². The van der Waals surface area contributed by atoms with Crippen molar-refractivity contribution in [2.75, 3.05) is 11.9 Å². The zero-order chi connectivity index (χ0) is 15.2. The predicted molar refractivity (Wildman–Crippen MR) is 82.8 cm³/mol. The molecule has 2 heterocycles. The molecule has 0 saturated heterocycles. The van der Waals surface area contributed by atoms with Crippen LogP contribution < -0.4 is 10.6 Å². The Bertz CT molecular complexity index is 599. The molecule has 2 N–H and O–H groups in total. The van der Waals surface area contributed by atoms with Crippen LogP contribution in [-0.2, 0) is 6.42 Å². The Morgan fingerprint density at radius 3 is 2.95 bits per heavy atom. The van der Waals surface area contributed by atoms with Crippen LogP contribution in [0.4, 0.5) is 5.82 Å². The van der Waals surface area contributed by atoms with Gasteiger partial charge >= 0.3 is 0 Å². The Morgan fingerprint density at radius 1 is 1.48 bits per heavy atom.